The molecule has 11 heteroatoms. The molecular weight excluding hydrogens is 596 g/mol. The van der Waals surface area contributed by atoms with Crippen LogP contribution in [0.1, 0.15) is 23.3 Å². The van der Waals surface area contributed by atoms with Crippen molar-refractivity contribution in [2.24, 2.45) is 0 Å². The molecule has 4 aromatic rings. The predicted octanol–water partition coefficient (Wildman–Crippen LogP) is 6.97. The van der Waals surface area contributed by atoms with Gasteiger partial charge in [0.2, 0.25) is 0 Å². The van der Waals surface area contributed by atoms with E-state index in [1.165, 1.54) is 11.3 Å². The van der Waals surface area contributed by atoms with Gasteiger partial charge in [-0.25, -0.2) is 9.78 Å². The van der Waals surface area contributed by atoms with Gasteiger partial charge in [0.25, 0.3) is 5.91 Å². The first-order valence-corrected chi connectivity index (χ1v) is 15.6. The maximum Gasteiger partial charge on any atom is 0.331 e. The van der Waals surface area contributed by atoms with Crippen molar-refractivity contribution in [1.82, 2.24) is 20.5 Å². The molecule has 0 bridgehead atoms. The monoisotopic (exact) mass is 628 g/mol. The molecule has 3 amide bonds. The van der Waals surface area contributed by atoms with E-state index in [1.54, 1.807) is 29.1 Å². The van der Waals surface area contributed by atoms with E-state index in [4.69, 9.17) is 16.3 Å². The van der Waals surface area contributed by atoms with E-state index < -0.39 is 0 Å². The van der Waals surface area contributed by atoms with Crippen molar-refractivity contribution in [3.8, 4) is 11.5 Å². The second-order valence-electron chi connectivity index (χ2n) is 10.8. The summed E-state index contributed by atoms with van der Waals surface area (Å²) in [5.74, 6) is 1.26. The standard InChI is InChI=1S/C33H33ClN6O3S/c1-20-18-24(43-23-9-5-4-6-10-23)11-12-26(20)40-27-14-16-36-31-28(27)29(38-33(40)42)30(44-31)21(2)37-22-8-7-17-39(19-22)32(41)25(34)13-15-35-3/h4-6,9-14,16,18,22,35,37H,2,7-8,15,17,19H2,1,3H3,(H,38,42)/b25-13-. The molecule has 2 aromatic heterocycles. The van der Waals surface area contributed by atoms with E-state index in [2.05, 4.69) is 27.5 Å². The maximum atomic E-state index is 13.7. The van der Waals surface area contributed by atoms with Gasteiger partial charge in [0.05, 0.1) is 27.3 Å². The highest BCUT2D eigenvalue weighted by atomic mass is 35.5. The third-order valence-corrected chi connectivity index (χ3v) is 9.16. The van der Waals surface area contributed by atoms with Gasteiger partial charge in [-0.05, 0) is 74.9 Å². The molecule has 6 rings (SSSR count). The van der Waals surface area contributed by atoms with Gasteiger partial charge in [0, 0.05) is 37.6 Å². The Balaban J connectivity index is 1.24. The summed E-state index contributed by atoms with van der Waals surface area (Å²) in [6.07, 6.45) is 5.14. The van der Waals surface area contributed by atoms with Gasteiger partial charge in [-0.2, -0.15) is 0 Å². The van der Waals surface area contributed by atoms with Crippen LogP contribution in [-0.4, -0.2) is 54.5 Å². The molecule has 3 N–H and O–H groups in total. The minimum Gasteiger partial charge on any atom is -0.457 e. The van der Waals surface area contributed by atoms with Crippen molar-refractivity contribution in [2.45, 2.75) is 25.8 Å². The molecule has 2 aliphatic heterocycles. The summed E-state index contributed by atoms with van der Waals surface area (Å²) in [6.45, 7) is 7.97. The first kappa shape index (κ1) is 29.7. The number of nitrogens with zero attached hydrogens (tertiary/aromatic N) is 3. The van der Waals surface area contributed by atoms with E-state index in [9.17, 15) is 9.59 Å². The zero-order chi connectivity index (χ0) is 30.8. The number of nitrogens with one attached hydrogen (secondary N) is 3. The number of rotatable bonds is 9. The Morgan fingerprint density at radius 3 is 2.80 bits per heavy atom. The van der Waals surface area contributed by atoms with Gasteiger partial charge in [-0.3, -0.25) is 9.69 Å². The number of ether oxygens (including phenoxy) is 1. The van der Waals surface area contributed by atoms with Crippen LogP contribution >= 0.6 is 22.9 Å². The fraction of sp³-hybridized carbons (Fsp3) is 0.242. The SMILES string of the molecule is C=C(NC1CCCN(C(=O)/C(Cl)=C/CNC)C1)c1sc2nccc3c2c1NC(=O)N3c1ccc(Oc2ccccc2)cc1C. The molecule has 1 atom stereocenters. The lowest BCUT2D eigenvalue weighted by molar-refractivity contribution is -0.127. The first-order chi connectivity index (χ1) is 21.3. The maximum absolute atomic E-state index is 13.7. The number of benzene rings is 2. The Kier molecular flexibility index (Phi) is 8.56. The molecule has 0 aliphatic carbocycles. The number of thiophene rings is 1. The van der Waals surface area contributed by atoms with E-state index in [0.29, 0.717) is 36.8 Å². The quantitative estimate of drug-likeness (QED) is 0.173. The number of anilines is 3. The van der Waals surface area contributed by atoms with Gasteiger partial charge in [0.15, 0.2) is 0 Å². The summed E-state index contributed by atoms with van der Waals surface area (Å²) in [5.41, 5.74) is 3.76. The Labute approximate surface area is 265 Å². The molecule has 44 heavy (non-hydrogen) atoms. The van der Waals surface area contributed by atoms with E-state index in [1.807, 2.05) is 61.5 Å². The van der Waals surface area contributed by atoms with Crippen LogP contribution in [0.15, 0.2) is 78.5 Å². The number of halogens is 1. The van der Waals surface area contributed by atoms with E-state index in [-0.39, 0.29) is 23.0 Å². The van der Waals surface area contributed by atoms with Crippen LogP contribution in [0.25, 0.3) is 15.9 Å². The highest BCUT2D eigenvalue weighted by Crippen LogP contribution is 2.48. The van der Waals surface area contributed by atoms with Crippen LogP contribution in [0.4, 0.5) is 21.9 Å². The lowest BCUT2D eigenvalue weighted by Crippen LogP contribution is -2.47. The lowest BCUT2D eigenvalue weighted by Gasteiger charge is -2.34. The Morgan fingerprint density at radius 1 is 1.20 bits per heavy atom. The molecule has 1 saturated heterocycles. The number of hydrogen-bond donors (Lipinski definition) is 3. The fourth-order valence-electron chi connectivity index (χ4n) is 5.62. The number of aromatic nitrogens is 1. The molecule has 1 unspecified atom stereocenters. The molecule has 2 aromatic carbocycles. The molecule has 226 valence electrons. The first-order valence-electron chi connectivity index (χ1n) is 14.5. The Hall–Kier alpha value is -4.38. The molecule has 0 saturated carbocycles. The fourth-order valence-corrected chi connectivity index (χ4v) is 6.87. The van der Waals surface area contributed by atoms with Gasteiger partial charge in [0.1, 0.15) is 21.4 Å². The third kappa shape index (κ3) is 5.88. The van der Waals surface area contributed by atoms with Crippen LogP contribution in [0, 0.1) is 6.92 Å². The number of hydrogen-bond acceptors (Lipinski definition) is 7. The number of urea groups is 1. The summed E-state index contributed by atoms with van der Waals surface area (Å²) in [6, 6.07) is 16.9. The molecule has 0 radical (unpaired) electrons. The van der Waals surface area contributed by atoms with Crippen LogP contribution in [-0.2, 0) is 4.79 Å². The lowest BCUT2D eigenvalue weighted by atomic mass is 10.0. The highest BCUT2D eigenvalue weighted by molar-refractivity contribution is 7.20. The van der Waals surface area contributed by atoms with Gasteiger partial charge < -0.3 is 25.6 Å². The molecule has 1 fully saturated rings. The second kappa shape index (κ2) is 12.7. The number of likely N-dealkylation sites (N-methyl/N-ethyl adjacent to an activating group) is 1. The number of pyridine rings is 1. The average molecular weight is 629 g/mol. The zero-order valence-electron chi connectivity index (χ0n) is 24.5. The molecule has 4 heterocycles. The number of likely N-dealkylation sites (tertiary alicyclic amines) is 1. The largest absolute Gasteiger partial charge is 0.457 e. The summed E-state index contributed by atoms with van der Waals surface area (Å²) in [5, 5.41) is 10.7. The Bertz CT molecular complexity index is 1770. The van der Waals surface area contributed by atoms with Crippen LogP contribution in [0.5, 0.6) is 11.5 Å². The van der Waals surface area contributed by atoms with Gasteiger partial charge >= 0.3 is 6.03 Å². The molecular formula is C33H33ClN6O3S. The van der Waals surface area contributed by atoms with Crippen molar-refractivity contribution >= 4 is 67.9 Å². The number of para-hydroxylation sites is 1. The van der Waals surface area contributed by atoms with E-state index >= 15 is 0 Å². The average Bonchev–Trinajstić information content (AvgIpc) is 3.40. The topological polar surface area (TPSA) is 98.8 Å². The van der Waals surface area contributed by atoms with Crippen molar-refractivity contribution < 1.29 is 14.3 Å². The summed E-state index contributed by atoms with van der Waals surface area (Å²) >= 11 is 7.73. The Morgan fingerprint density at radius 2 is 2.02 bits per heavy atom. The smallest absolute Gasteiger partial charge is 0.331 e. The summed E-state index contributed by atoms with van der Waals surface area (Å²) in [7, 11) is 1.80. The van der Waals surface area contributed by atoms with Crippen molar-refractivity contribution in [3.63, 3.8) is 0 Å². The number of carbonyl (C=O) groups is 2. The summed E-state index contributed by atoms with van der Waals surface area (Å²) < 4.78 is 6.00. The van der Waals surface area contributed by atoms with Crippen molar-refractivity contribution in [3.05, 3.63) is 88.9 Å². The molecule has 2 aliphatic rings. The van der Waals surface area contributed by atoms with Crippen molar-refractivity contribution in [1.29, 1.82) is 0 Å². The van der Waals surface area contributed by atoms with Gasteiger partial charge in [-0.15, -0.1) is 11.3 Å². The molecule has 0 spiro atoms. The number of aryl methyl sites for hydroxylation is 1. The van der Waals surface area contributed by atoms with Crippen LogP contribution < -0.4 is 25.6 Å². The second-order valence-corrected chi connectivity index (χ2v) is 12.2. The van der Waals surface area contributed by atoms with Crippen molar-refractivity contribution in [2.75, 3.05) is 36.9 Å². The number of carbonyl (C=O) groups excluding carboxylic acids is 2. The number of amides is 3. The highest BCUT2D eigenvalue weighted by Gasteiger charge is 2.33. The van der Waals surface area contributed by atoms with Gasteiger partial charge in [-0.1, -0.05) is 36.4 Å². The van der Waals surface area contributed by atoms with E-state index in [0.717, 1.165) is 50.6 Å². The van der Waals surface area contributed by atoms with Crippen LogP contribution in [0.3, 0.4) is 0 Å². The number of piperidine rings is 1. The minimum absolute atomic E-state index is 0.00568. The minimum atomic E-state index is -0.269. The molecule has 9 nitrogen and oxygen atoms in total. The van der Waals surface area contributed by atoms with Crippen LogP contribution in [0.2, 0.25) is 0 Å². The summed E-state index contributed by atoms with van der Waals surface area (Å²) in [4.78, 5) is 36.2. The normalized spacial score (nSPS) is 16.6. The predicted molar refractivity (Wildman–Crippen MR) is 178 cm³/mol. The third-order valence-electron chi connectivity index (χ3n) is 7.68. The zero-order valence-corrected chi connectivity index (χ0v) is 26.1.